The summed E-state index contributed by atoms with van der Waals surface area (Å²) in [6.45, 7) is 2.50. The van der Waals surface area contributed by atoms with Gasteiger partial charge in [-0.05, 0) is 39.4 Å². The van der Waals surface area contributed by atoms with E-state index in [4.69, 9.17) is 11.6 Å². The SMILES string of the molecule is CN1CCC(N(C)S(=O)(=O)c2cnn(CCCCl)c2)CC1. The number of hydrogen-bond acceptors (Lipinski definition) is 4. The van der Waals surface area contributed by atoms with Gasteiger partial charge < -0.3 is 4.90 Å². The quantitative estimate of drug-likeness (QED) is 0.734. The monoisotopic (exact) mass is 334 g/mol. The Morgan fingerprint density at radius 3 is 2.71 bits per heavy atom. The maximum absolute atomic E-state index is 12.6. The van der Waals surface area contributed by atoms with Gasteiger partial charge in [-0.15, -0.1) is 11.6 Å². The third-order valence-corrected chi connectivity index (χ3v) is 6.14. The number of sulfonamides is 1. The molecule has 21 heavy (non-hydrogen) atoms. The fourth-order valence-electron chi connectivity index (χ4n) is 2.54. The Morgan fingerprint density at radius 2 is 2.10 bits per heavy atom. The number of aryl methyl sites for hydroxylation is 1. The largest absolute Gasteiger partial charge is 0.306 e. The molecule has 1 aromatic rings. The summed E-state index contributed by atoms with van der Waals surface area (Å²) in [6.07, 6.45) is 5.52. The Hall–Kier alpha value is -0.630. The number of piperidine rings is 1. The fourth-order valence-corrected chi connectivity index (χ4v) is 4.03. The van der Waals surface area contributed by atoms with Crippen LogP contribution in [0.4, 0.5) is 0 Å². The predicted octanol–water partition coefficient (Wildman–Crippen LogP) is 1.23. The van der Waals surface area contributed by atoms with E-state index in [2.05, 4.69) is 17.0 Å². The van der Waals surface area contributed by atoms with Crippen LogP contribution in [0.5, 0.6) is 0 Å². The molecule has 2 heterocycles. The topological polar surface area (TPSA) is 58.4 Å². The van der Waals surface area contributed by atoms with Crippen LogP contribution in [0.1, 0.15) is 19.3 Å². The molecule has 0 aromatic carbocycles. The first-order valence-electron chi connectivity index (χ1n) is 7.20. The van der Waals surface area contributed by atoms with Crippen LogP contribution in [0.3, 0.4) is 0 Å². The molecule has 0 amide bonds. The molecule has 8 heteroatoms. The zero-order valence-electron chi connectivity index (χ0n) is 12.6. The van der Waals surface area contributed by atoms with Crippen molar-refractivity contribution in [3.63, 3.8) is 0 Å². The highest BCUT2D eigenvalue weighted by atomic mass is 35.5. The molecule has 2 rings (SSSR count). The zero-order valence-corrected chi connectivity index (χ0v) is 14.1. The maximum Gasteiger partial charge on any atom is 0.246 e. The lowest BCUT2D eigenvalue weighted by Crippen LogP contribution is -2.44. The summed E-state index contributed by atoms with van der Waals surface area (Å²) in [5, 5.41) is 4.10. The summed E-state index contributed by atoms with van der Waals surface area (Å²) in [5.41, 5.74) is 0. The molecule has 0 atom stereocenters. The van der Waals surface area contributed by atoms with E-state index in [-0.39, 0.29) is 10.9 Å². The Kier molecular flexibility index (Phi) is 5.65. The second-order valence-electron chi connectivity index (χ2n) is 5.54. The van der Waals surface area contributed by atoms with Crippen LogP contribution in [0, 0.1) is 0 Å². The highest BCUT2D eigenvalue weighted by Gasteiger charge is 2.30. The van der Waals surface area contributed by atoms with E-state index in [0.29, 0.717) is 12.4 Å². The summed E-state index contributed by atoms with van der Waals surface area (Å²) >= 11 is 5.64. The molecule has 1 saturated heterocycles. The standard InChI is InChI=1S/C13H23ClN4O2S/c1-16-8-4-12(5-9-16)17(2)21(19,20)13-10-15-18(11-13)7-3-6-14/h10-12H,3-9H2,1-2H3. The van der Waals surface area contributed by atoms with Crippen LogP contribution in [-0.4, -0.2) is 66.5 Å². The van der Waals surface area contributed by atoms with Crippen LogP contribution in [0.2, 0.25) is 0 Å². The van der Waals surface area contributed by atoms with Crippen molar-refractivity contribution in [2.24, 2.45) is 0 Å². The fraction of sp³-hybridized carbons (Fsp3) is 0.769. The summed E-state index contributed by atoms with van der Waals surface area (Å²) in [7, 11) is 0.267. The molecule has 1 aliphatic heterocycles. The van der Waals surface area contributed by atoms with Crippen molar-refractivity contribution in [2.75, 3.05) is 33.1 Å². The van der Waals surface area contributed by atoms with Gasteiger partial charge in [0.25, 0.3) is 0 Å². The van der Waals surface area contributed by atoms with Crippen LogP contribution in [0.15, 0.2) is 17.3 Å². The second kappa shape index (κ2) is 7.09. The van der Waals surface area contributed by atoms with E-state index < -0.39 is 10.0 Å². The van der Waals surface area contributed by atoms with Crippen molar-refractivity contribution in [2.45, 2.75) is 36.7 Å². The van der Waals surface area contributed by atoms with Crippen molar-refractivity contribution < 1.29 is 8.42 Å². The molecule has 120 valence electrons. The third kappa shape index (κ3) is 3.97. The summed E-state index contributed by atoms with van der Waals surface area (Å²) in [6, 6.07) is 0.0670. The molecule has 0 spiro atoms. The van der Waals surface area contributed by atoms with Gasteiger partial charge in [-0.3, -0.25) is 4.68 Å². The molecule has 1 aromatic heterocycles. The van der Waals surface area contributed by atoms with Gasteiger partial charge in [-0.2, -0.15) is 9.40 Å². The normalized spacial score (nSPS) is 18.5. The number of halogens is 1. The molecule has 0 aliphatic carbocycles. The van der Waals surface area contributed by atoms with Gasteiger partial charge in [0.15, 0.2) is 0 Å². The Morgan fingerprint density at radius 1 is 1.43 bits per heavy atom. The van der Waals surface area contributed by atoms with Crippen molar-refractivity contribution in [3.05, 3.63) is 12.4 Å². The highest BCUT2D eigenvalue weighted by Crippen LogP contribution is 2.22. The molecule has 0 saturated carbocycles. The van der Waals surface area contributed by atoms with E-state index in [1.807, 2.05) is 0 Å². The molecular weight excluding hydrogens is 312 g/mol. The maximum atomic E-state index is 12.6. The van der Waals surface area contributed by atoms with Crippen LogP contribution >= 0.6 is 11.6 Å². The number of likely N-dealkylation sites (tertiary alicyclic amines) is 1. The second-order valence-corrected chi connectivity index (χ2v) is 7.91. The van der Waals surface area contributed by atoms with Crippen LogP contribution < -0.4 is 0 Å². The molecule has 1 fully saturated rings. The minimum Gasteiger partial charge on any atom is -0.306 e. The lowest BCUT2D eigenvalue weighted by Gasteiger charge is -2.34. The number of nitrogens with zero attached hydrogens (tertiary/aromatic N) is 4. The molecule has 0 unspecified atom stereocenters. The average Bonchev–Trinajstić information content (AvgIpc) is 2.94. The first-order chi connectivity index (χ1) is 9.95. The van der Waals surface area contributed by atoms with E-state index in [1.165, 1.54) is 10.5 Å². The van der Waals surface area contributed by atoms with Crippen molar-refractivity contribution in [3.8, 4) is 0 Å². The number of aromatic nitrogens is 2. The molecule has 6 nitrogen and oxygen atoms in total. The van der Waals surface area contributed by atoms with E-state index in [1.54, 1.807) is 17.9 Å². The minimum atomic E-state index is -3.46. The first kappa shape index (κ1) is 16.7. The van der Waals surface area contributed by atoms with Crippen molar-refractivity contribution >= 4 is 21.6 Å². The lowest BCUT2D eigenvalue weighted by molar-refractivity contribution is 0.197. The van der Waals surface area contributed by atoms with Gasteiger partial charge in [-0.1, -0.05) is 0 Å². The number of rotatable bonds is 6. The Balaban J connectivity index is 2.07. The van der Waals surface area contributed by atoms with Gasteiger partial charge in [0.2, 0.25) is 10.0 Å². The summed E-state index contributed by atoms with van der Waals surface area (Å²) in [5.74, 6) is 0.539. The molecule has 0 radical (unpaired) electrons. The molecule has 0 bridgehead atoms. The van der Waals surface area contributed by atoms with Crippen LogP contribution in [0.25, 0.3) is 0 Å². The van der Waals surface area contributed by atoms with Gasteiger partial charge >= 0.3 is 0 Å². The van der Waals surface area contributed by atoms with E-state index in [9.17, 15) is 8.42 Å². The smallest absolute Gasteiger partial charge is 0.246 e. The van der Waals surface area contributed by atoms with Crippen LogP contribution in [-0.2, 0) is 16.6 Å². The van der Waals surface area contributed by atoms with Crippen molar-refractivity contribution in [1.29, 1.82) is 0 Å². The predicted molar refractivity (Wildman–Crippen MR) is 83.0 cm³/mol. The molecule has 0 N–H and O–H groups in total. The molecular formula is C13H23ClN4O2S. The van der Waals surface area contributed by atoms with Gasteiger partial charge in [0.05, 0.1) is 6.20 Å². The zero-order chi connectivity index (χ0) is 15.5. The third-order valence-electron chi connectivity index (χ3n) is 4.01. The minimum absolute atomic E-state index is 0.0670. The van der Waals surface area contributed by atoms with E-state index >= 15 is 0 Å². The summed E-state index contributed by atoms with van der Waals surface area (Å²) in [4.78, 5) is 2.49. The summed E-state index contributed by atoms with van der Waals surface area (Å²) < 4.78 is 28.4. The van der Waals surface area contributed by atoms with Crippen molar-refractivity contribution in [1.82, 2.24) is 19.0 Å². The lowest BCUT2D eigenvalue weighted by atomic mass is 10.1. The average molecular weight is 335 g/mol. The highest BCUT2D eigenvalue weighted by molar-refractivity contribution is 7.89. The molecule has 1 aliphatic rings. The van der Waals surface area contributed by atoms with Gasteiger partial charge in [0.1, 0.15) is 4.90 Å². The number of hydrogen-bond donors (Lipinski definition) is 0. The number of alkyl halides is 1. The van der Waals surface area contributed by atoms with E-state index in [0.717, 1.165) is 32.4 Å². The van der Waals surface area contributed by atoms with Gasteiger partial charge in [0, 0.05) is 31.7 Å². The first-order valence-corrected chi connectivity index (χ1v) is 9.17. The van der Waals surface area contributed by atoms with Gasteiger partial charge in [-0.25, -0.2) is 8.42 Å². The Labute approximate surface area is 131 Å². The Bertz CT molecular complexity index is 552.